The van der Waals surface area contributed by atoms with Gasteiger partial charge in [-0.15, -0.1) is 0 Å². The highest BCUT2D eigenvalue weighted by atomic mass is 32.2. The normalized spacial score (nSPS) is 31.2. The summed E-state index contributed by atoms with van der Waals surface area (Å²) in [6.07, 6.45) is 4.69. The Kier molecular flexibility index (Phi) is 6.05. The zero-order valence-corrected chi connectivity index (χ0v) is 14.5. The fourth-order valence-electron chi connectivity index (χ4n) is 3.64. The van der Waals surface area contributed by atoms with E-state index in [4.69, 9.17) is 0 Å². The number of rotatable bonds is 5. The van der Waals surface area contributed by atoms with Crippen molar-refractivity contribution < 1.29 is 8.42 Å². The maximum absolute atomic E-state index is 11.7. The fourth-order valence-corrected chi connectivity index (χ4v) is 4.58. The molecule has 3 unspecified atom stereocenters. The van der Waals surface area contributed by atoms with Gasteiger partial charge in [0.1, 0.15) is 0 Å². The summed E-state index contributed by atoms with van der Waals surface area (Å²) < 4.78 is 25.2. The van der Waals surface area contributed by atoms with Gasteiger partial charge in [-0.1, -0.05) is 20.3 Å². The molecule has 0 spiro atoms. The Hall–Kier alpha value is -0.170. The molecule has 5 nitrogen and oxygen atoms in total. The van der Waals surface area contributed by atoms with Gasteiger partial charge < -0.3 is 5.32 Å². The molecule has 6 heteroatoms. The first-order chi connectivity index (χ1) is 9.91. The van der Waals surface area contributed by atoms with Gasteiger partial charge in [-0.2, -0.15) is 0 Å². The molecule has 0 saturated carbocycles. The van der Waals surface area contributed by atoms with Gasteiger partial charge in [0.25, 0.3) is 0 Å². The molecule has 124 valence electrons. The van der Waals surface area contributed by atoms with Crippen LogP contribution in [0.5, 0.6) is 0 Å². The van der Waals surface area contributed by atoms with Crippen LogP contribution in [0.3, 0.4) is 0 Å². The van der Waals surface area contributed by atoms with E-state index in [2.05, 4.69) is 24.1 Å². The zero-order chi connectivity index (χ0) is 15.5. The van der Waals surface area contributed by atoms with Gasteiger partial charge in [0.05, 0.1) is 6.26 Å². The summed E-state index contributed by atoms with van der Waals surface area (Å²) in [5, 5.41) is 3.50. The highest BCUT2D eigenvalue weighted by Gasteiger charge is 2.31. The van der Waals surface area contributed by atoms with Crippen molar-refractivity contribution in [2.45, 2.75) is 39.2 Å². The predicted octanol–water partition coefficient (Wildman–Crippen LogP) is 0.978. The van der Waals surface area contributed by atoms with Crippen LogP contribution in [-0.4, -0.2) is 69.2 Å². The Morgan fingerprint density at radius 2 is 2.10 bits per heavy atom. The Morgan fingerprint density at radius 3 is 2.76 bits per heavy atom. The molecule has 2 fully saturated rings. The van der Waals surface area contributed by atoms with Crippen molar-refractivity contribution in [2.24, 2.45) is 11.8 Å². The van der Waals surface area contributed by atoms with Crippen molar-refractivity contribution in [2.75, 3.05) is 45.5 Å². The molecule has 3 atom stereocenters. The third-order valence-corrected chi connectivity index (χ3v) is 6.41. The summed E-state index contributed by atoms with van der Waals surface area (Å²) in [6, 6.07) is 0.595. The molecule has 2 rings (SSSR count). The molecule has 0 aromatic heterocycles. The van der Waals surface area contributed by atoms with Crippen LogP contribution in [0.25, 0.3) is 0 Å². The first-order valence-electron chi connectivity index (χ1n) is 8.31. The smallest absolute Gasteiger partial charge is 0.211 e. The van der Waals surface area contributed by atoms with Crippen molar-refractivity contribution in [1.82, 2.24) is 14.5 Å². The number of hydrogen-bond donors (Lipinski definition) is 1. The maximum atomic E-state index is 11.7. The van der Waals surface area contributed by atoms with Gasteiger partial charge >= 0.3 is 0 Å². The van der Waals surface area contributed by atoms with E-state index in [0.717, 1.165) is 39.0 Å². The van der Waals surface area contributed by atoms with Gasteiger partial charge in [0.2, 0.25) is 10.0 Å². The number of piperazine rings is 1. The predicted molar refractivity (Wildman–Crippen MR) is 86.8 cm³/mol. The molecule has 21 heavy (non-hydrogen) atoms. The summed E-state index contributed by atoms with van der Waals surface area (Å²) in [5.41, 5.74) is 0. The molecule has 2 saturated heterocycles. The van der Waals surface area contributed by atoms with E-state index in [0.29, 0.717) is 31.0 Å². The summed E-state index contributed by atoms with van der Waals surface area (Å²) in [7, 11) is -3.03. The SMILES string of the molecule is CCC(C)C1CNCCN1CC1CCCN(S(C)(=O)=O)C1. The second kappa shape index (κ2) is 7.40. The molecule has 2 aliphatic heterocycles. The van der Waals surface area contributed by atoms with Crippen LogP contribution in [0.4, 0.5) is 0 Å². The second-order valence-corrected chi connectivity index (χ2v) is 8.76. The van der Waals surface area contributed by atoms with Crippen LogP contribution < -0.4 is 5.32 Å². The van der Waals surface area contributed by atoms with Gasteiger partial charge in [0.15, 0.2) is 0 Å². The van der Waals surface area contributed by atoms with Crippen molar-refractivity contribution in [3.05, 3.63) is 0 Å². The molecule has 2 aliphatic rings. The second-order valence-electron chi connectivity index (χ2n) is 6.78. The quantitative estimate of drug-likeness (QED) is 0.821. The molecule has 0 amide bonds. The zero-order valence-electron chi connectivity index (χ0n) is 13.7. The Morgan fingerprint density at radius 1 is 1.33 bits per heavy atom. The summed E-state index contributed by atoms with van der Waals surface area (Å²) in [6.45, 7) is 10.2. The summed E-state index contributed by atoms with van der Waals surface area (Å²) in [4.78, 5) is 2.60. The highest BCUT2D eigenvalue weighted by molar-refractivity contribution is 7.88. The lowest BCUT2D eigenvalue weighted by molar-refractivity contribution is 0.0839. The molecule has 2 heterocycles. The van der Waals surface area contributed by atoms with E-state index in [9.17, 15) is 8.42 Å². The molecule has 0 bridgehead atoms. The average Bonchev–Trinajstić information content (AvgIpc) is 2.46. The first kappa shape index (κ1) is 17.2. The van der Waals surface area contributed by atoms with Crippen molar-refractivity contribution in [1.29, 1.82) is 0 Å². The van der Waals surface area contributed by atoms with E-state index in [1.165, 1.54) is 12.7 Å². The summed E-state index contributed by atoms with van der Waals surface area (Å²) in [5.74, 6) is 1.17. The number of sulfonamides is 1. The third-order valence-electron chi connectivity index (χ3n) is 5.14. The molecule has 0 aromatic rings. The highest BCUT2D eigenvalue weighted by Crippen LogP contribution is 2.23. The Bertz CT molecular complexity index is 427. The lowest BCUT2D eigenvalue weighted by Gasteiger charge is -2.42. The maximum Gasteiger partial charge on any atom is 0.211 e. The van der Waals surface area contributed by atoms with Crippen LogP contribution in [0.15, 0.2) is 0 Å². The number of hydrogen-bond acceptors (Lipinski definition) is 4. The van der Waals surface area contributed by atoms with E-state index in [1.807, 2.05) is 0 Å². The topological polar surface area (TPSA) is 52.6 Å². The van der Waals surface area contributed by atoms with Crippen LogP contribution in [0, 0.1) is 11.8 Å². The third kappa shape index (κ3) is 4.65. The minimum atomic E-state index is -3.03. The molecule has 0 radical (unpaired) electrons. The number of piperidine rings is 1. The molecular weight excluding hydrogens is 286 g/mol. The van der Waals surface area contributed by atoms with E-state index in [-0.39, 0.29) is 0 Å². The Balaban J connectivity index is 1.95. The van der Waals surface area contributed by atoms with Crippen LogP contribution in [0.2, 0.25) is 0 Å². The van der Waals surface area contributed by atoms with Crippen molar-refractivity contribution >= 4 is 10.0 Å². The van der Waals surface area contributed by atoms with Crippen LogP contribution in [-0.2, 0) is 10.0 Å². The lowest BCUT2D eigenvalue weighted by Crippen LogP contribution is -2.56. The van der Waals surface area contributed by atoms with E-state index >= 15 is 0 Å². The molecule has 0 aliphatic carbocycles. The average molecular weight is 317 g/mol. The molecule has 1 N–H and O–H groups in total. The number of nitrogens with zero attached hydrogens (tertiary/aromatic N) is 2. The summed E-state index contributed by atoms with van der Waals surface area (Å²) >= 11 is 0. The van der Waals surface area contributed by atoms with E-state index < -0.39 is 10.0 Å². The molecular formula is C15H31N3O2S. The molecule has 0 aromatic carbocycles. The van der Waals surface area contributed by atoms with Crippen molar-refractivity contribution in [3.8, 4) is 0 Å². The van der Waals surface area contributed by atoms with E-state index in [1.54, 1.807) is 4.31 Å². The standard InChI is InChI=1S/C15H31N3O2S/c1-4-13(2)15-10-16-7-9-17(15)11-14-6-5-8-18(12-14)21(3,19)20/h13-16H,4-12H2,1-3H3. The lowest BCUT2D eigenvalue weighted by atomic mass is 9.93. The van der Waals surface area contributed by atoms with Gasteiger partial charge in [-0.25, -0.2) is 12.7 Å². The largest absolute Gasteiger partial charge is 0.314 e. The van der Waals surface area contributed by atoms with Gasteiger partial charge in [-0.3, -0.25) is 4.90 Å². The minimum absolute atomic E-state index is 0.484. The van der Waals surface area contributed by atoms with Gasteiger partial charge in [-0.05, 0) is 24.7 Å². The van der Waals surface area contributed by atoms with Crippen molar-refractivity contribution in [3.63, 3.8) is 0 Å². The Labute approximate surface area is 130 Å². The van der Waals surface area contributed by atoms with Crippen LogP contribution >= 0.6 is 0 Å². The monoisotopic (exact) mass is 317 g/mol. The van der Waals surface area contributed by atoms with Crippen LogP contribution in [0.1, 0.15) is 33.1 Å². The van der Waals surface area contributed by atoms with Gasteiger partial charge in [0, 0.05) is 45.3 Å². The minimum Gasteiger partial charge on any atom is -0.314 e. The number of nitrogens with one attached hydrogen (secondary N) is 1. The fraction of sp³-hybridized carbons (Fsp3) is 1.00. The first-order valence-corrected chi connectivity index (χ1v) is 10.2.